The van der Waals surface area contributed by atoms with E-state index in [4.69, 9.17) is 16.7 Å². The van der Waals surface area contributed by atoms with Crippen molar-refractivity contribution in [2.45, 2.75) is 19.9 Å². The van der Waals surface area contributed by atoms with Gasteiger partial charge in [-0.15, -0.1) is 0 Å². The first-order chi connectivity index (χ1) is 8.49. The van der Waals surface area contributed by atoms with Crippen LogP contribution in [0.25, 0.3) is 11.2 Å². The van der Waals surface area contributed by atoms with E-state index in [2.05, 4.69) is 25.3 Å². The largest absolute Gasteiger partial charge is 0.480 e. The van der Waals surface area contributed by atoms with Crippen molar-refractivity contribution in [2.75, 3.05) is 5.32 Å². The summed E-state index contributed by atoms with van der Waals surface area (Å²) in [4.78, 5) is 25.9. The van der Waals surface area contributed by atoms with E-state index in [1.165, 1.54) is 6.33 Å². The number of H-pyrrole nitrogens is 1. The fourth-order valence-electron chi connectivity index (χ4n) is 1.57. The fraction of sp³-hybridized carbons (Fsp3) is 0.400. The zero-order valence-corrected chi connectivity index (χ0v) is 10.6. The van der Waals surface area contributed by atoms with Gasteiger partial charge in [0.05, 0.1) is 6.33 Å². The number of anilines is 1. The molecular weight excluding hydrogens is 258 g/mol. The van der Waals surface area contributed by atoms with Crippen molar-refractivity contribution in [1.29, 1.82) is 0 Å². The second-order valence-electron chi connectivity index (χ2n) is 4.15. The van der Waals surface area contributed by atoms with Gasteiger partial charge in [0.2, 0.25) is 5.28 Å². The molecule has 1 atom stereocenters. The molecule has 0 saturated carbocycles. The molecule has 0 amide bonds. The lowest BCUT2D eigenvalue weighted by Crippen LogP contribution is -2.34. The van der Waals surface area contributed by atoms with E-state index in [1.54, 1.807) is 13.8 Å². The summed E-state index contributed by atoms with van der Waals surface area (Å²) in [6.45, 7) is 3.61. The van der Waals surface area contributed by atoms with Gasteiger partial charge in [0, 0.05) is 0 Å². The number of imidazole rings is 1. The van der Waals surface area contributed by atoms with Crippen LogP contribution in [0.15, 0.2) is 6.33 Å². The summed E-state index contributed by atoms with van der Waals surface area (Å²) in [5.41, 5.74) is 0.927. The summed E-state index contributed by atoms with van der Waals surface area (Å²) in [5.74, 6) is -0.717. The van der Waals surface area contributed by atoms with Crippen LogP contribution in [0.4, 0.5) is 5.82 Å². The molecule has 0 aromatic carbocycles. The number of carbonyl (C=O) groups is 1. The minimum absolute atomic E-state index is 0.0185. The Bertz CT molecular complexity index is 583. The maximum Gasteiger partial charge on any atom is 0.326 e. The van der Waals surface area contributed by atoms with Crippen molar-refractivity contribution in [3.63, 3.8) is 0 Å². The Hall–Kier alpha value is -1.89. The number of aromatic nitrogens is 4. The highest BCUT2D eigenvalue weighted by Crippen LogP contribution is 2.20. The Balaban J connectivity index is 2.41. The van der Waals surface area contributed by atoms with E-state index >= 15 is 0 Å². The Morgan fingerprint density at radius 3 is 2.83 bits per heavy atom. The Kier molecular flexibility index (Phi) is 3.33. The molecule has 8 heteroatoms. The fourth-order valence-corrected chi connectivity index (χ4v) is 1.74. The third-order valence-corrected chi connectivity index (χ3v) is 2.65. The average molecular weight is 270 g/mol. The summed E-state index contributed by atoms with van der Waals surface area (Å²) in [6, 6.07) is -0.762. The predicted octanol–water partition coefficient (Wildman–Crippen LogP) is 1.53. The van der Waals surface area contributed by atoms with Gasteiger partial charge in [-0.3, -0.25) is 0 Å². The van der Waals surface area contributed by atoms with Crippen LogP contribution in [0.5, 0.6) is 0 Å². The number of carboxylic acid groups (broad SMARTS) is 1. The predicted molar refractivity (Wildman–Crippen MR) is 66.6 cm³/mol. The van der Waals surface area contributed by atoms with E-state index in [0.29, 0.717) is 17.0 Å². The van der Waals surface area contributed by atoms with Gasteiger partial charge in [-0.2, -0.15) is 9.97 Å². The lowest BCUT2D eigenvalue weighted by molar-refractivity contribution is -0.138. The summed E-state index contributed by atoms with van der Waals surface area (Å²) in [6.07, 6.45) is 1.45. The number of rotatable bonds is 4. The van der Waals surface area contributed by atoms with Gasteiger partial charge in [-0.1, -0.05) is 13.8 Å². The third-order valence-electron chi connectivity index (χ3n) is 2.48. The molecule has 0 saturated heterocycles. The van der Waals surface area contributed by atoms with E-state index in [0.717, 1.165) is 0 Å². The third kappa shape index (κ3) is 2.35. The van der Waals surface area contributed by atoms with Crippen LogP contribution in [0.1, 0.15) is 13.8 Å². The van der Waals surface area contributed by atoms with Gasteiger partial charge >= 0.3 is 5.97 Å². The van der Waals surface area contributed by atoms with Crippen LogP contribution in [0.3, 0.4) is 0 Å². The molecule has 0 spiro atoms. The lowest BCUT2D eigenvalue weighted by Gasteiger charge is -2.18. The van der Waals surface area contributed by atoms with Crippen molar-refractivity contribution >= 4 is 34.6 Å². The molecule has 1 unspecified atom stereocenters. The van der Waals surface area contributed by atoms with Crippen molar-refractivity contribution in [1.82, 2.24) is 19.9 Å². The van der Waals surface area contributed by atoms with E-state index in [-0.39, 0.29) is 11.2 Å². The van der Waals surface area contributed by atoms with Crippen LogP contribution in [0.2, 0.25) is 5.28 Å². The van der Waals surface area contributed by atoms with Crippen molar-refractivity contribution < 1.29 is 9.90 Å². The molecule has 0 aliphatic carbocycles. The molecule has 2 aromatic rings. The summed E-state index contributed by atoms with van der Waals surface area (Å²) < 4.78 is 0. The smallest absolute Gasteiger partial charge is 0.326 e. The first-order valence-electron chi connectivity index (χ1n) is 5.35. The zero-order valence-electron chi connectivity index (χ0n) is 9.81. The molecule has 0 aliphatic heterocycles. The molecule has 2 aromatic heterocycles. The molecule has 96 valence electrons. The maximum atomic E-state index is 11.1. The molecule has 2 rings (SSSR count). The quantitative estimate of drug-likeness (QED) is 0.727. The number of aromatic amines is 1. The average Bonchev–Trinajstić information content (AvgIpc) is 2.72. The van der Waals surface area contributed by atoms with Gasteiger partial charge < -0.3 is 15.4 Å². The van der Waals surface area contributed by atoms with Crippen LogP contribution < -0.4 is 5.32 Å². The standard InChI is InChI=1S/C10H12ClN5O2/c1-4(2)5(9(17)18)14-8-6-7(13-3-12-6)15-10(11)16-8/h3-5H,1-2H3,(H,17,18)(H2,12,13,14,15,16). The topological polar surface area (TPSA) is 104 Å². The highest BCUT2D eigenvalue weighted by molar-refractivity contribution is 6.28. The molecule has 0 radical (unpaired) electrons. The summed E-state index contributed by atoms with van der Waals surface area (Å²) in [7, 11) is 0. The molecule has 18 heavy (non-hydrogen) atoms. The lowest BCUT2D eigenvalue weighted by atomic mass is 10.1. The van der Waals surface area contributed by atoms with Gasteiger partial charge in [0.25, 0.3) is 0 Å². The number of hydrogen-bond acceptors (Lipinski definition) is 5. The second-order valence-corrected chi connectivity index (χ2v) is 4.48. The molecule has 7 nitrogen and oxygen atoms in total. The number of halogens is 1. The van der Waals surface area contributed by atoms with Crippen LogP contribution in [0, 0.1) is 5.92 Å². The van der Waals surface area contributed by atoms with Crippen LogP contribution >= 0.6 is 11.6 Å². The monoisotopic (exact) mass is 269 g/mol. The van der Waals surface area contributed by atoms with Crippen LogP contribution in [-0.2, 0) is 4.79 Å². The number of carboxylic acids is 1. The Labute approximate surface area is 108 Å². The van der Waals surface area contributed by atoms with Gasteiger partial charge in [-0.05, 0) is 17.5 Å². The second kappa shape index (κ2) is 4.77. The molecule has 0 fully saturated rings. The van der Waals surface area contributed by atoms with Gasteiger partial charge in [0.15, 0.2) is 11.5 Å². The van der Waals surface area contributed by atoms with Gasteiger partial charge in [0.1, 0.15) is 11.6 Å². The number of aliphatic carboxylic acids is 1. The Morgan fingerprint density at radius 1 is 1.50 bits per heavy atom. The van der Waals surface area contributed by atoms with E-state index in [1.807, 2.05) is 0 Å². The summed E-state index contributed by atoms with van der Waals surface area (Å²) in [5, 5.41) is 12.0. The highest BCUT2D eigenvalue weighted by Gasteiger charge is 2.23. The first kappa shape index (κ1) is 12.6. The van der Waals surface area contributed by atoms with Crippen molar-refractivity contribution in [3.8, 4) is 0 Å². The minimum Gasteiger partial charge on any atom is -0.480 e. The molecule has 0 bridgehead atoms. The molecule has 3 N–H and O–H groups in total. The van der Waals surface area contributed by atoms with Crippen molar-refractivity contribution in [2.24, 2.45) is 5.92 Å². The maximum absolute atomic E-state index is 11.1. The normalized spacial score (nSPS) is 12.9. The SMILES string of the molecule is CC(C)C(Nc1nc(Cl)nc2nc[nH]c12)C(=O)O. The number of nitrogens with one attached hydrogen (secondary N) is 2. The van der Waals surface area contributed by atoms with E-state index < -0.39 is 12.0 Å². The molecule has 0 aliphatic rings. The molecular formula is C10H12ClN5O2. The Morgan fingerprint density at radius 2 is 2.22 bits per heavy atom. The minimum atomic E-state index is -0.951. The molecule has 2 heterocycles. The highest BCUT2D eigenvalue weighted by atomic mass is 35.5. The number of nitrogens with zero attached hydrogens (tertiary/aromatic N) is 3. The van der Waals surface area contributed by atoms with Gasteiger partial charge in [-0.25, -0.2) is 9.78 Å². The number of fused-ring (bicyclic) bond motifs is 1. The van der Waals surface area contributed by atoms with E-state index in [9.17, 15) is 4.79 Å². The van der Waals surface area contributed by atoms with Crippen molar-refractivity contribution in [3.05, 3.63) is 11.6 Å². The first-order valence-corrected chi connectivity index (χ1v) is 5.72. The summed E-state index contributed by atoms with van der Waals surface area (Å²) >= 11 is 5.76. The number of hydrogen-bond donors (Lipinski definition) is 3. The zero-order chi connectivity index (χ0) is 13.3. The van der Waals surface area contributed by atoms with Crippen LogP contribution in [-0.4, -0.2) is 37.1 Å².